The van der Waals surface area contributed by atoms with Crippen LogP contribution in [0.2, 0.25) is 0 Å². The van der Waals surface area contributed by atoms with Crippen LogP contribution in [0.4, 0.5) is 0 Å². The predicted octanol–water partition coefficient (Wildman–Crippen LogP) is 9.54. The molecule has 258 valence electrons. The molecule has 0 radical (unpaired) electrons. The summed E-state index contributed by atoms with van der Waals surface area (Å²) in [5, 5.41) is 0. The van der Waals surface area contributed by atoms with Gasteiger partial charge in [-0.1, -0.05) is 0 Å². The third-order valence-electron chi connectivity index (χ3n) is 10.2. The van der Waals surface area contributed by atoms with Crippen LogP contribution in [-0.4, -0.2) is 69.3 Å². The van der Waals surface area contributed by atoms with Crippen LogP contribution in [0.1, 0.15) is 110 Å². The van der Waals surface area contributed by atoms with Crippen LogP contribution in [-0.2, 0) is 24.2 Å². The molecule has 0 saturated carbocycles. The molecular weight excluding hydrogens is 595 g/mol. The second-order valence-corrected chi connectivity index (χ2v) is 19.7. The van der Waals surface area contributed by atoms with E-state index in [9.17, 15) is 4.79 Å². The molecule has 2 atom stereocenters. The van der Waals surface area contributed by atoms with Gasteiger partial charge in [0.25, 0.3) is 0 Å². The predicted molar refractivity (Wildman–Crippen MR) is 191 cm³/mol. The fourth-order valence-electron chi connectivity index (χ4n) is 6.77. The molecule has 2 aliphatic rings. The molecule has 2 heterocycles. The Balaban J connectivity index is 1.58. The van der Waals surface area contributed by atoms with Gasteiger partial charge >= 0.3 is 257 Å². The second-order valence-electron chi connectivity index (χ2n) is 14.0. The van der Waals surface area contributed by atoms with E-state index < -0.39 is 12.2 Å². The van der Waals surface area contributed by atoms with E-state index in [4.69, 9.17) is 23.5 Å². The molecule has 0 bridgehead atoms. The zero-order valence-corrected chi connectivity index (χ0v) is 30.3. The van der Waals surface area contributed by atoms with E-state index >= 15 is 0 Å². The molecule has 0 aliphatic carbocycles. The van der Waals surface area contributed by atoms with E-state index in [1.807, 2.05) is 24.3 Å². The Kier molecular flexibility index (Phi) is 13.8. The molecule has 4 rings (SSSR count). The summed E-state index contributed by atoms with van der Waals surface area (Å²) in [5.41, 5.74) is 1.91. The van der Waals surface area contributed by atoms with E-state index in [0.717, 1.165) is 112 Å². The summed E-state index contributed by atoms with van der Waals surface area (Å²) in [6.07, 6.45) is 14.9. The average molecular weight is 657 g/mol. The molecule has 2 aromatic rings. The first-order valence-electron chi connectivity index (χ1n) is 18.2. The minimum absolute atomic E-state index is 0.00271. The molecule has 2 fully saturated rings. The van der Waals surface area contributed by atoms with Crippen molar-refractivity contribution in [3.8, 4) is 11.5 Å². The molecule has 0 N–H and O–H groups in total. The van der Waals surface area contributed by atoms with Crippen molar-refractivity contribution in [2.75, 3.05) is 51.1 Å². The summed E-state index contributed by atoms with van der Waals surface area (Å²) in [5.74, 6) is 1.67. The van der Waals surface area contributed by atoms with Gasteiger partial charge in [-0.25, -0.2) is 0 Å². The molecule has 2 aromatic carbocycles. The summed E-state index contributed by atoms with van der Waals surface area (Å²) >= 11 is 0. The van der Waals surface area contributed by atoms with E-state index in [1.54, 1.807) is 0 Å². The Hall–Kier alpha value is -2.14. The van der Waals surface area contributed by atoms with Gasteiger partial charge in [0.05, 0.1) is 13.2 Å². The van der Waals surface area contributed by atoms with Gasteiger partial charge < -0.3 is 9.47 Å². The zero-order chi connectivity index (χ0) is 32.9. The Bertz CT molecular complexity index is 1080. The van der Waals surface area contributed by atoms with Crippen molar-refractivity contribution in [3.63, 3.8) is 0 Å². The van der Waals surface area contributed by atoms with Crippen molar-refractivity contribution < 1.29 is 28.3 Å². The molecule has 6 nitrogen and oxygen atoms in total. The van der Waals surface area contributed by atoms with Gasteiger partial charge in [-0.3, -0.25) is 0 Å². The Morgan fingerprint density at radius 3 is 1.39 bits per heavy atom. The summed E-state index contributed by atoms with van der Waals surface area (Å²) in [4.78, 5) is 14.2. The summed E-state index contributed by atoms with van der Waals surface area (Å²) < 4.78 is 29.6. The van der Waals surface area contributed by atoms with Crippen LogP contribution >= 0.6 is 6.83 Å². The third kappa shape index (κ3) is 10.4. The second kappa shape index (κ2) is 17.3. The van der Waals surface area contributed by atoms with Crippen molar-refractivity contribution in [1.29, 1.82) is 0 Å². The standard InChI is InChI=1S/C39H61O6P/c1-6-10-24-46(25-11-7-2,26-12-8-3,27-13-9-4)45-38(40)22-23-39(5,32-14-18-34(19-15-32)41-28-36-30-43-36)33-16-20-35(21-17-33)42-29-37-31-44-37/h14-21,36-37H,6-13,22-31H2,1-5H3. The molecule has 0 aromatic heterocycles. The first kappa shape index (κ1) is 36.7. The molecule has 2 unspecified atom stereocenters. The number of carbonyl (C=O) groups excluding carboxylic acids is 1. The van der Waals surface area contributed by atoms with E-state index in [-0.39, 0.29) is 18.2 Å². The van der Waals surface area contributed by atoms with Gasteiger partial charge in [-0.2, -0.15) is 0 Å². The monoisotopic (exact) mass is 656 g/mol. The van der Waals surface area contributed by atoms with Gasteiger partial charge in [0.2, 0.25) is 0 Å². The van der Waals surface area contributed by atoms with Crippen LogP contribution in [0.25, 0.3) is 0 Å². The number of benzene rings is 2. The van der Waals surface area contributed by atoms with Crippen LogP contribution in [0.3, 0.4) is 0 Å². The number of rotatable bonds is 24. The summed E-state index contributed by atoms with van der Waals surface area (Å²) in [6, 6.07) is 16.8. The quantitative estimate of drug-likeness (QED) is 0.0828. The van der Waals surface area contributed by atoms with Gasteiger partial charge in [-0.15, -0.1) is 0 Å². The number of unbranched alkanes of at least 4 members (excludes halogenated alkanes) is 4. The average Bonchev–Trinajstić information content (AvgIpc) is 4.02. The number of ether oxygens (including phenoxy) is 4. The number of hydrogen-bond donors (Lipinski definition) is 0. The van der Waals surface area contributed by atoms with Crippen molar-refractivity contribution in [1.82, 2.24) is 0 Å². The van der Waals surface area contributed by atoms with Crippen molar-refractivity contribution in [2.45, 2.75) is 116 Å². The van der Waals surface area contributed by atoms with Gasteiger partial charge in [0.15, 0.2) is 0 Å². The molecule has 7 heteroatoms. The number of carbonyl (C=O) groups is 1. The van der Waals surface area contributed by atoms with Gasteiger partial charge in [0.1, 0.15) is 0 Å². The van der Waals surface area contributed by atoms with Crippen LogP contribution in [0.5, 0.6) is 11.5 Å². The van der Waals surface area contributed by atoms with Gasteiger partial charge in [-0.05, 0) is 0 Å². The van der Waals surface area contributed by atoms with E-state index in [0.29, 0.717) is 26.1 Å². The normalized spacial score (nSPS) is 19.5. The molecule has 0 amide bonds. The van der Waals surface area contributed by atoms with Crippen LogP contribution < -0.4 is 9.47 Å². The third-order valence-corrected chi connectivity index (χ3v) is 16.7. The van der Waals surface area contributed by atoms with Crippen LogP contribution in [0.15, 0.2) is 48.5 Å². The van der Waals surface area contributed by atoms with E-state index in [2.05, 4.69) is 58.9 Å². The number of hydrogen-bond acceptors (Lipinski definition) is 6. The fourth-order valence-corrected chi connectivity index (χ4v) is 13.6. The SMILES string of the molecule is CCCCP(CCCC)(CCCC)(CCCC)OC(=O)CCC(C)(c1ccc(OCC2CO2)cc1)c1ccc(OCC2CO2)cc1. The fraction of sp³-hybridized carbons (Fsp3) is 0.667. The zero-order valence-electron chi connectivity index (χ0n) is 29.4. The van der Waals surface area contributed by atoms with Gasteiger partial charge in [0, 0.05) is 0 Å². The van der Waals surface area contributed by atoms with Crippen molar-refractivity contribution >= 4 is 12.8 Å². The molecule has 0 spiro atoms. The Morgan fingerprint density at radius 2 is 1.07 bits per heavy atom. The molecule has 2 aliphatic heterocycles. The number of epoxide rings is 2. The summed E-state index contributed by atoms with van der Waals surface area (Å²) in [7, 11) is 0. The van der Waals surface area contributed by atoms with E-state index in [1.165, 1.54) is 0 Å². The van der Waals surface area contributed by atoms with Crippen LogP contribution in [0, 0.1) is 0 Å². The molecular formula is C39H61O6P. The summed E-state index contributed by atoms with van der Waals surface area (Å²) in [6.45, 7) is 11.3. The Labute approximate surface area is 279 Å². The van der Waals surface area contributed by atoms with Crippen molar-refractivity contribution in [2.24, 2.45) is 0 Å². The first-order chi connectivity index (χ1) is 22.3. The maximum atomic E-state index is 14.2. The van der Waals surface area contributed by atoms with Crippen molar-refractivity contribution in [3.05, 3.63) is 59.7 Å². The maximum absolute atomic E-state index is 14.2. The Morgan fingerprint density at radius 1 is 0.696 bits per heavy atom. The molecule has 46 heavy (non-hydrogen) atoms. The molecule has 2 saturated heterocycles. The first-order valence-corrected chi connectivity index (χ1v) is 21.1. The topological polar surface area (TPSA) is 69.8 Å². The minimum atomic E-state index is -2.70.